The van der Waals surface area contributed by atoms with Gasteiger partial charge in [-0.1, -0.05) is 0 Å². The normalized spacial score (nSPS) is 11.2. The number of rotatable bonds is 11. The Kier molecular flexibility index (Phi) is 23.6. The SMILES string of the molecule is N.N.N.N.O=C(O)CC(NCCNC(CC(=O)O)C(=O)O)C(=O)O. The molecule has 24 heavy (non-hydrogen) atoms. The lowest BCUT2D eigenvalue weighted by Crippen LogP contribution is -2.45. The van der Waals surface area contributed by atoms with E-state index in [4.69, 9.17) is 20.4 Å². The summed E-state index contributed by atoms with van der Waals surface area (Å²) in [5, 5.41) is 39.2. The third kappa shape index (κ3) is 16.0. The van der Waals surface area contributed by atoms with Gasteiger partial charge >= 0.3 is 23.9 Å². The summed E-state index contributed by atoms with van der Waals surface area (Å²) in [6.07, 6.45) is -1.24. The number of aliphatic carboxylic acids is 4. The van der Waals surface area contributed by atoms with Gasteiger partial charge in [-0.25, -0.2) is 0 Å². The van der Waals surface area contributed by atoms with E-state index in [2.05, 4.69) is 10.6 Å². The van der Waals surface area contributed by atoms with Crippen LogP contribution in [0.2, 0.25) is 0 Å². The molecule has 0 aromatic heterocycles. The summed E-state index contributed by atoms with van der Waals surface area (Å²) >= 11 is 0. The smallest absolute Gasteiger partial charge is 0.321 e. The van der Waals surface area contributed by atoms with E-state index < -0.39 is 48.8 Å². The molecule has 0 amide bonds. The van der Waals surface area contributed by atoms with E-state index >= 15 is 0 Å². The molecule has 14 nitrogen and oxygen atoms in total. The summed E-state index contributed by atoms with van der Waals surface area (Å²) in [6.45, 7) is -0.0404. The molecule has 0 aliphatic rings. The molecular weight excluding hydrogens is 332 g/mol. The van der Waals surface area contributed by atoms with Crippen molar-refractivity contribution in [3.63, 3.8) is 0 Å². The second-order valence-corrected chi connectivity index (χ2v) is 3.89. The Morgan fingerprint density at radius 1 is 0.625 bits per heavy atom. The zero-order valence-corrected chi connectivity index (χ0v) is 13.2. The molecule has 0 aromatic carbocycles. The van der Waals surface area contributed by atoms with Crippen molar-refractivity contribution in [1.82, 2.24) is 35.2 Å². The predicted molar refractivity (Wildman–Crippen MR) is 83.4 cm³/mol. The second kappa shape index (κ2) is 17.0. The maximum atomic E-state index is 10.7. The highest BCUT2D eigenvalue weighted by Gasteiger charge is 2.22. The molecule has 0 saturated heterocycles. The molecule has 0 bridgehead atoms. The number of nitrogens with one attached hydrogen (secondary N) is 2. The molecule has 2 unspecified atom stereocenters. The lowest BCUT2D eigenvalue weighted by molar-refractivity contribution is -0.146. The molecule has 146 valence electrons. The van der Waals surface area contributed by atoms with Crippen LogP contribution in [-0.4, -0.2) is 69.5 Å². The van der Waals surface area contributed by atoms with Crippen LogP contribution in [0.5, 0.6) is 0 Å². The highest BCUT2D eigenvalue weighted by molar-refractivity contribution is 5.81. The monoisotopic (exact) mass is 360 g/mol. The molecule has 0 aromatic rings. The zero-order chi connectivity index (χ0) is 15.7. The topological polar surface area (TPSA) is 313 Å². The van der Waals surface area contributed by atoms with Crippen LogP contribution in [0.25, 0.3) is 0 Å². The molecule has 0 rings (SSSR count). The maximum Gasteiger partial charge on any atom is 0.321 e. The quantitative estimate of drug-likeness (QED) is 0.191. The number of hydrogen-bond donors (Lipinski definition) is 10. The average molecular weight is 360 g/mol. The van der Waals surface area contributed by atoms with Crippen molar-refractivity contribution in [1.29, 1.82) is 0 Å². The van der Waals surface area contributed by atoms with Gasteiger partial charge in [0.05, 0.1) is 12.8 Å². The van der Waals surface area contributed by atoms with Crippen LogP contribution < -0.4 is 35.2 Å². The van der Waals surface area contributed by atoms with Gasteiger partial charge in [0.1, 0.15) is 12.1 Å². The number of hydrogen-bond acceptors (Lipinski definition) is 10. The molecule has 0 aliphatic heterocycles. The summed E-state index contributed by atoms with van der Waals surface area (Å²) in [5.41, 5.74) is 0. The fourth-order valence-corrected chi connectivity index (χ4v) is 1.34. The first-order valence-corrected chi connectivity index (χ1v) is 5.60. The summed E-state index contributed by atoms with van der Waals surface area (Å²) in [4.78, 5) is 42.2. The molecule has 0 heterocycles. The summed E-state index contributed by atoms with van der Waals surface area (Å²) in [6, 6.07) is -2.59. The lowest BCUT2D eigenvalue weighted by Gasteiger charge is -2.15. The lowest BCUT2D eigenvalue weighted by atomic mass is 10.2. The third-order valence-corrected chi connectivity index (χ3v) is 2.26. The van der Waals surface area contributed by atoms with E-state index in [0.29, 0.717) is 0 Å². The van der Waals surface area contributed by atoms with Gasteiger partial charge in [-0.05, 0) is 0 Å². The van der Waals surface area contributed by atoms with Gasteiger partial charge in [0.15, 0.2) is 0 Å². The molecule has 0 fully saturated rings. The minimum absolute atomic E-state index is 0. The van der Waals surface area contributed by atoms with Crippen molar-refractivity contribution >= 4 is 23.9 Å². The van der Waals surface area contributed by atoms with Crippen molar-refractivity contribution in [2.45, 2.75) is 24.9 Å². The minimum Gasteiger partial charge on any atom is -0.481 e. The first kappa shape index (κ1) is 33.3. The highest BCUT2D eigenvalue weighted by atomic mass is 16.4. The summed E-state index contributed by atoms with van der Waals surface area (Å²) in [7, 11) is 0. The fourth-order valence-electron chi connectivity index (χ4n) is 1.34. The Hall–Kier alpha value is -2.36. The van der Waals surface area contributed by atoms with Gasteiger partial charge in [0.25, 0.3) is 0 Å². The van der Waals surface area contributed by atoms with Crippen LogP contribution in [0.1, 0.15) is 12.8 Å². The van der Waals surface area contributed by atoms with Crippen LogP contribution in [0, 0.1) is 0 Å². The Balaban J connectivity index is -0.000000301. The first-order valence-electron chi connectivity index (χ1n) is 5.60. The van der Waals surface area contributed by atoms with Crippen molar-refractivity contribution in [3.05, 3.63) is 0 Å². The van der Waals surface area contributed by atoms with Crippen LogP contribution in [0.3, 0.4) is 0 Å². The number of carbonyl (C=O) groups is 4. The average Bonchev–Trinajstić information content (AvgIpc) is 2.29. The van der Waals surface area contributed by atoms with Crippen LogP contribution in [0.4, 0.5) is 0 Å². The van der Waals surface area contributed by atoms with Gasteiger partial charge < -0.3 is 55.7 Å². The molecule has 0 radical (unpaired) electrons. The molecule has 0 spiro atoms. The van der Waals surface area contributed by atoms with Gasteiger partial charge in [-0.3, -0.25) is 19.2 Å². The van der Waals surface area contributed by atoms with Crippen LogP contribution >= 0.6 is 0 Å². The molecule has 0 aliphatic carbocycles. The van der Waals surface area contributed by atoms with Crippen LogP contribution in [-0.2, 0) is 19.2 Å². The summed E-state index contributed by atoms with van der Waals surface area (Å²) < 4.78 is 0. The van der Waals surface area contributed by atoms with E-state index in [1.54, 1.807) is 0 Å². The molecular formula is C10H28N6O8. The van der Waals surface area contributed by atoms with E-state index in [1.165, 1.54) is 0 Å². The Morgan fingerprint density at radius 2 is 0.875 bits per heavy atom. The third-order valence-electron chi connectivity index (χ3n) is 2.26. The van der Waals surface area contributed by atoms with Gasteiger partial charge in [-0.2, -0.15) is 0 Å². The second-order valence-electron chi connectivity index (χ2n) is 3.89. The molecule has 18 N–H and O–H groups in total. The number of carboxylic acid groups (broad SMARTS) is 4. The highest BCUT2D eigenvalue weighted by Crippen LogP contribution is 1.94. The van der Waals surface area contributed by atoms with Crippen molar-refractivity contribution in [2.75, 3.05) is 13.1 Å². The van der Waals surface area contributed by atoms with Crippen LogP contribution in [0.15, 0.2) is 0 Å². The standard InChI is InChI=1S/C10H16N2O8.4H3N/c13-7(14)3-5(9(17)18)11-1-2-12-6(10(19)20)4-8(15)16;;;;/h5-6,11-12H,1-4H2,(H,13,14)(H,15,16)(H,17,18)(H,19,20);4*1H3. The molecule has 14 heteroatoms. The Morgan fingerprint density at radius 3 is 1.04 bits per heavy atom. The fraction of sp³-hybridized carbons (Fsp3) is 0.600. The van der Waals surface area contributed by atoms with Crippen molar-refractivity contribution in [3.8, 4) is 0 Å². The molecule has 2 atom stereocenters. The zero-order valence-electron chi connectivity index (χ0n) is 13.2. The predicted octanol–water partition coefficient (Wildman–Crippen LogP) is -1.33. The van der Waals surface area contributed by atoms with E-state index in [1.807, 2.05) is 0 Å². The van der Waals surface area contributed by atoms with E-state index in [-0.39, 0.29) is 37.7 Å². The molecule has 0 saturated carbocycles. The van der Waals surface area contributed by atoms with Crippen molar-refractivity contribution < 1.29 is 39.6 Å². The number of carboxylic acids is 4. The van der Waals surface area contributed by atoms with E-state index in [0.717, 1.165) is 0 Å². The van der Waals surface area contributed by atoms with Gasteiger partial charge in [0, 0.05) is 13.1 Å². The maximum absolute atomic E-state index is 10.7. The first-order chi connectivity index (χ1) is 9.23. The van der Waals surface area contributed by atoms with E-state index in [9.17, 15) is 19.2 Å². The summed E-state index contributed by atoms with van der Waals surface area (Å²) in [5.74, 6) is -5.25. The van der Waals surface area contributed by atoms with Gasteiger partial charge in [-0.15, -0.1) is 0 Å². The minimum atomic E-state index is -1.34. The Bertz CT molecular complexity index is 358. The van der Waals surface area contributed by atoms with Gasteiger partial charge in [0.2, 0.25) is 0 Å². The Labute approximate surface area is 137 Å². The largest absolute Gasteiger partial charge is 0.481 e. The van der Waals surface area contributed by atoms with Crippen molar-refractivity contribution in [2.24, 2.45) is 0 Å².